The van der Waals surface area contributed by atoms with E-state index in [9.17, 15) is 0 Å². The fourth-order valence-electron chi connectivity index (χ4n) is 3.66. The van der Waals surface area contributed by atoms with Gasteiger partial charge in [0, 0.05) is 6.42 Å². The monoisotopic (exact) mass is 358 g/mol. The molecule has 0 amide bonds. The van der Waals surface area contributed by atoms with Gasteiger partial charge in [-0.3, -0.25) is 0 Å². The van der Waals surface area contributed by atoms with E-state index in [2.05, 4.69) is 127 Å². The van der Waals surface area contributed by atoms with Crippen LogP contribution in [0.2, 0.25) is 0 Å². The zero-order valence-electron chi connectivity index (χ0n) is 15.8. The molecule has 0 heteroatoms. The molecule has 134 valence electrons. The summed E-state index contributed by atoms with van der Waals surface area (Å²) in [5.74, 6) is 7.17. The van der Waals surface area contributed by atoms with Gasteiger partial charge in [-0.25, -0.2) is 0 Å². The van der Waals surface area contributed by atoms with Crippen LogP contribution in [-0.2, 0) is 11.8 Å². The highest BCUT2D eigenvalue weighted by Crippen LogP contribution is 2.38. The molecule has 0 heterocycles. The van der Waals surface area contributed by atoms with Crippen LogP contribution >= 0.6 is 0 Å². The molecule has 0 aliphatic heterocycles. The molecule has 0 nitrogen and oxygen atoms in total. The lowest BCUT2D eigenvalue weighted by Crippen LogP contribution is -2.27. The third-order valence-corrected chi connectivity index (χ3v) is 5.03. The fraction of sp³-hybridized carbons (Fsp3) is 0.0714. The summed E-state index contributed by atoms with van der Waals surface area (Å²) in [5, 5.41) is 0. The molecule has 0 spiro atoms. The molecule has 0 aliphatic carbocycles. The Morgan fingerprint density at radius 1 is 0.464 bits per heavy atom. The van der Waals surface area contributed by atoms with E-state index < -0.39 is 5.41 Å². The van der Waals surface area contributed by atoms with Gasteiger partial charge in [0.15, 0.2) is 0 Å². The Labute approximate surface area is 167 Å². The third kappa shape index (κ3) is 3.61. The van der Waals surface area contributed by atoms with E-state index in [4.69, 9.17) is 0 Å². The highest BCUT2D eigenvalue weighted by molar-refractivity contribution is 5.58. The van der Waals surface area contributed by atoms with E-state index >= 15 is 0 Å². The van der Waals surface area contributed by atoms with Gasteiger partial charge in [0.25, 0.3) is 0 Å². The molecule has 0 aliphatic rings. The van der Waals surface area contributed by atoms with Gasteiger partial charge >= 0.3 is 0 Å². The maximum absolute atomic E-state index is 3.68. The summed E-state index contributed by atoms with van der Waals surface area (Å²) in [5.41, 5.74) is 4.30. The van der Waals surface area contributed by atoms with Gasteiger partial charge in [0.2, 0.25) is 0 Å². The van der Waals surface area contributed by atoms with Crippen LogP contribution in [0.4, 0.5) is 0 Å². The molecular weight excluding hydrogens is 336 g/mol. The summed E-state index contributed by atoms with van der Waals surface area (Å²) in [4.78, 5) is 0. The standard InChI is InChI=1S/C28H22/c1-5-14-24(15-6-1)16-13-23-28(25-17-7-2-8-18-25,26-19-9-3-10-20-26)27-21-11-4-12-22-27/h1-12,14-15,17-22H,16H2. The van der Waals surface area contributed by atoms with Gasteiger partial charge in [-0.05, 0) is 22.3 Å². The minimum Gasteiger partial charge on any atom is -0.0969 e. The van der Waals surface area contributed by atoms with Crippen LogP contribution in [0.1, 0.15) is 22.3 Å². The van der Waals surface area contributed by atoms with Crippen molar-refractivity contribution >= 4 is 0 Å². The summed E-state index contributed by atoms with van der Waals surface area (Å²) in [7, 11) is 0. The van der Waals surface area contributed by atoms with Crippen LogP contribution < -0.4 is 0 Å². The van der Waals surface area contributed by atoms with E-state index in [1.165, 1.54) is 22.3 Å². The van der Waals surface area contributed by atoms with Crippen molar-refractivity contribution in [3.8, 4) is 11.8 Å². The van der Waals surface area contributed by atoms with E-state index in [1.54, 1.807) is 0 Å². The molecule has 0 atom stereocenters. The second-order valence-corrected chi connectivity index (χ2v) is 6.81. The van der Waals surface area contributed by atoms with Crippen molar-refractivity contribution in [1.82, 2.24) is 0 Å². The van der Waals surface area contributed by atoms with E-state index in [-0.39, 0.29) is 0 Å². The van der Waals surface area contributed by atoms with Crippen molar-refractivity contribution in [3.63, 3.8) is 0 Å². The minimum absolute atomic E-state index is 0.501. The first-order valence-corrected chi connectivity index (χ1v) is 9.60. The molecule has 0 aromatic heterocycles. The second kappa shape index (κ2) is 8.42. The molecule has 0 saturated heterocycles. The molecule has 4 aromatic rings. The summed E-state index contributed by atoms with van der Waals surface area (Å²) in [6.07, 6.45) is 0.731. The molecular formula is C28H22. The summed E-state index contributed by atoms with van der Waals surface area (Å²) in [6.45, 7) is 0. The van der Waals surface area contributed by atoms with Crippen LogP contribution in [0.5, 0.6) is 0 Å². The zero-order chi connectivity index (χ0) is 19.1. The molecule has 28 heavy (non-hydrogen) atoms. The first-order valence-electron chi connectivity index (χ1n) is 9.60. The maximum atomic E-state index is 3.68. The number of benzene rings is 4. The lowest BCUT2D eigenvalue weighted by atomic mass is 9.70. The number of rotatable bonds is 4. The van der Waals surface area contributed by atoms with Crippen molar-refractivity contribution in [2.75, 3.05) is 0 Å². The minimum atomic E-state index is -0.501. The van der Waals surface area contributed by atoms with E-state index in [0.717, 1.165) is 6.42 Å². The highest BCUT2D eigenvalue weighted by atomic mass is 14.3. The van der Waals surface area contributed by atoms with Crippen molar-refractivity contribution in [1.29, 1.82) is 0 Å². The predicted octanol–water partition coefficient (Wildman–Crippen LogP) is 6.27. The van der Waals surface area contributed by atoms with Crippen LogP contribution in [-0.4, -0.2) is 0 Å². The predicted molar refractivity (Wildman–Crippen MR) is 117 cm³/mol. The third-order valence-electron chi connectivity index (χ3n) is 5.03. The molecule has 4 aromatic carbocycles. The van der Waals surface area contributed by atoms with Gasteiger partial charge in [-0.2, -0.15) is 0 Å². The lowest BCUT2D eigenvalue weighted by molar-refractivity contribution is 0.808. The van der Waals surface area contributed by atoms with Crippen molar-refractivity contribution in [2.45, 2.75) is 11.8 Å². The van der Waals surface area contributed by atoms with Crippen molar-refractivity contribution < 1.29 is 0 Å². The molecule has 0 N–H and O–H groups in total. The Balaban J connectivity index is 1.91. The Hall–Kier alpha value is -3.56. The normalized spacial score (nSPS) is 10.7. The second-order valence-electron chi connectivity index (χ2n) is 6.81. The zero-order valence-corrected chi connectivity index (χ0v) is 15.8. The first kappa shape index (κ1) is 17.8. The molecule has 0 fully saturated rings. The highest BCUT2D eigenvalue weighted by Gasteiger charge is 2.34. The Morgan fingerprint density at radius 3 is 1.21 bits per heavy atom. The molecule has 4 rings (SSSR count). The van der Waals surface area contributed by atoms with Crippen molar-refractivity contribution in [3.05, 3.63) is 144 Å². The molecule has 0 saturated carbocycles. The van der Waals surface area contributed by atoms with E-state index in [1.807, 2.05) is 6.07 Å². The first-order chi connectivity index (χ1) is 13.9. The van der Waals surface area contributed by atoms with Crippen LogP contribution in [0.15, 0.2) is 121 Å². The fourth-order valence-corrected chi connectivity index (χ4v) is 3.66. The van der Waals surface area contributed by atoms with Crippen LogP contribution in [0.25, 0.3) is 0 Å². The number of hydrogen-bond donors (Lipinski definition) is 0. The summed E-state index contributed by atoms with van der Waals surface area (Å²) in [6, 6.07) is 42.2. The number of hydrogen-bond acceptors (Lipinski definition) is 0. The molecule has 0 radical (unpaired) electrons. The average Bonchev–Trinajstić information content (AvgIpc) is 2.79. The van der Waals surface area contributed by atoms with Gasteiger partial charge in [-0.15, -0.1) is 0 Å². The topological polar surface area (TPSA) is 0 Å². The summed E-state index contributed by atoms with van der Waals surface area (Å²) >= 11 is 0. The van der Waals surface area contributed by atoms with Crippen LogP contribution in [0.3, 0.4) is 0 Å². The van der Waals surface area contributed by atoms with Gasteiger partial charge in [0.05, 0.1) is 0 Å². The van der Waals surface area contributed by atoms with Gasteiger partial charge < -0.3 is 0 Å². The lowest BCUT2D eigenvalue weighted by Gasteiger charge is -2.31. The van der Waals surface area contributed by atoms with Crippen LogP contribution in [0, 0.1) is 11.8 Å². The Morgan fingerprint density at radius 2 is 0.821 bits per heavy atom. The SMILES string of the molecule is C(#CC(c1ccccc1)(c1ccccc1)c1ccccc1)Cc1ccccc1. The largest absolute Gasteiger partial charge is 0.106 e. The quantitative estimate of drug-likeness (QED) is 0.298. The molecule has 0 unspecified atom stereocenters. The summed E-state index contributed by atoms with van der Waals surface area (Å²) < 4.78 is 0. The smallest absolute Gasteiger partial charge is 0.0969 e. The van der Waals surface area contributed by atoms with Gasteiger partial charge in [-0.1, -0.05) is 133 Å². The average molecular weight is 358 g/mol. The van der Waals surface area contributed by atoms with Gasteiger partial charge in [0.1, 0.15) is 5.41 Å². The molecule has 0 bridgehead atoms. The maximum Gasteiger partial charge on any atom is 0.106 e. The Bertz CT molecular complexity index is 957. The van der Waals surface area contributed by atoms with E-state index in [0.29, 0.717) is 0 Å². The Kier molecular flexibility index (Phi) is 5.36. The van der Waals surface area contributed by atoms with Crippen molar-refractivity contribution in [2.24, 2.45) is 0 Å².